The number of aromatic nitrogens is 1. The van der Waals surface area contributed by atoms with Gasteiger partial charge < -0.3 is 4.98 Å². The summed E-state index contributed by atoms with van der Waals surface area (Å²) in [6.45, 7) is 0. The number of benzene rings is 3. The highest BCUT2D eigenvalue weighted by Gasteiger charge is 2.11. The van der Waals surface area contributed by atoms with E-state index in [1.807, 2.05) is 24.4 Å². The van der Waals surface area contributed by atoms with Crippen LogP contribution in [0.2, 0.25) is 5.02 Å². The first-order valence-electron chi connectivity index (χ1n) is 6.58. The van der Waals surface area contributed by atoms with Gasteiger partial charge in [-0.3, -0.25) is 0 Å². The van der Waals surface area contributed by atoms with E-state index >= 15 is 0 Å². The molecule has 0 saturated heterocycles. The van der Waals surface area contributed by atoms with E-state index in [1.165, 1.54) is 16.2 Å². The van der Waals surface area contributed by atoms with Crippen molar-refractivity contribution in [1.82, 2.24) is 4.98 Å². The van der Waals surface area contributed by atoms with Crippen LogP contribution < -0.4 is 0 Å². The molecule has 1 aromatic heterocycles. The minimum Gasteiger partial charge on any atom is -0.361 e. The summed E-state index contributed by atoms with van der Waals surface area (Å²) >= 11 is 6.35. The van der Waals surface area contributed by atoms with Crippen LogP contribution in [-0.2, 0) is 0 Å². The van der Waals surface area contributed by atoms with Crippen LogP contribution in [0.3, 0.4) is 0 Å². The summed E-state index contributed by atoms with van der Waals surface area (Å²) in [6, 6.07) is 20.7. The monoisotopic (exact) mass is 277 g/mol. The van der Waals surface area contributed by atoms with Crippen molar-refractivity contribution in [2.75, 3.05) is 0 Å². The normalized spacial score (nSPS) is 11.2. The molecule has 0 aliphatic rings. The highest BCUT2D eigenvalue weighted by molar-refractivity contribution is 6.34. The number of aromatic amines is 1. The van der Waals surface area contributed by atoms with Crippen molar-refractivity contribution in [3.63, 3.8) is 0 Å². The predicted octanol–water partition coefficient (Wildman–Crippen LogP) is 5.64. The third-order valence-electron chi connectivity index (χ3n) is 3.73. The van der Waals surface area contributed by atoms with Crippen LogP contribution in [-0.4, -0.2) is 4.98 Å². The molecule has 0 aliphatic heterocycles. The summed E-state index contributed by atoms with van der Waals surface area (Å²) < 4.78 is 0. The number of H-pyrrole nitrogens is 1. The number of nitrogens with one attached hydrogen (secondary N) is 1. The van der Waals surface area contributed by atoms with Crippen LogP contribution in [0, 0.1) is 0 Å². The van der Waals surface area contributed by atoms with E-state index < -0.39 is 0 Å². The minimum absolute atomic E-state index is 0.779. The van der Waals surface area contributed by atoms with Gasteiger partial charge in [0.1, 0.15) is 0 Å². The molecule has 3 aromatic carbocycles. The Morgan fingerprint density at radius 3 is 2.45 bits per heavy atom. The quantitative estimate of drug-likeness (QED) is 0.463. The Kier molecular flexibility index (Phi) is 2.54. The zero-order chi connectivity index (χ0) is 13.5. The zero-order valence-corrected chi connectivity index (χ0v) is 11.5. The minimum atomic E-state index is 0.779. The first-order chi connectivity index (χ1) is 9.84. The van der Waals surface area contributed by atoms with Crippen molar-refractivity contribution < 1.29 is 0 Å². The Hall–Kier alpha value is -2.25. The summed E-state index contributed by atoms with van der Waals surface area (Å²) in [4.78, 5) is 3.35. The number of halogens is 1. The summed E-state index contributed by atoms with van der Waals surface area (Å²) in [7, 11) is 0. The van der Waals surface area contributed by atoms with Crippen molar-refractivity contribution >= 4 is 33.3 Å². The molecule has 0 saturated carbocycles. The van der Waals surface area contributed by atoms with Crippen molar-refractivity contribution in [3.8, 4) is 11.1 Å². The van der Waals surface area contributed by atoms with E-state index in [4.69, 9.17) is 11.6 Å². The van der Waals surface area contributed by atoms with Crippen LogP contribution >= 0.6 is 11.6 Å². The Labute approximate surface area is 121 Å². The van der Waals surface area contributed by atoms with Crippen molar-refractivity contribution in [3.05, 3.63) is 71.9 Å². The maximum Gasteiger partial charge on any atom is 0.0485 e. The molecule has 1 N–H and O–H groups in total. The molecular formula is C18H12ClN. The second kappa shape index (κ2) is 4.39. The maximum atomic E-state index is 6.35. The molecule has 0 amide bonds. The van der Waals surface area contributed by atoms with Crippen molar-refractivity contribution in [2.24, 2.45) is 0 Å². The van der Waals surface area contributed by atoms with E-state index in [-0.39, 0.29) is 0 Å². The van der Waals surface area contributed by atoms with E-state index in [9.17, 15) is 0 Å². The van der Waals surface area contributed by atoms with E-state index in [1.54, 1.807) is 0 Å². The second-order valence-corrected chi connectivity index (χ2v) is 5.30. The van der Waals surface area contributed by atoms with Gasteiger partial charge in [-0.1, -0.05) is 60.1 Å². The van der Waals surface area contributed by atoms with Crippen LogP contribution in [0.25, 0.3) is 32.8 Å². The average molecular weight is 278 g/mol. The van der Waals surface area contributed by atoms with Gasteiger partial charge in [-0.05, 0) is 22.9 Å². The molecule has 4 aromatic rings. The van der Waals surface area contributed by atoms with Gasteiger partial charge in [-0.2, -0.15) is 0 Å². The Bertz CT molecular complexity index is 921. The molecule has 0 radical (unpaired) electrons. The number of fused-ring (bicyclic) bond motifs is 3. The Morgan fingerprint density at radius 2 is 1.55 bits per heavy atom. The molecule has 0 fully saturated rings. The lowest BCUT2D eigenvalue weighted by Crippen LogP contribution is -1.79. The van der Waals surface area contributed by atoms with E-state index in [0.29, 0.717) is 0 Å². The fourth-order valence-electron chi connectivity index (χ4n) is 2.80. The molecule has 0 atom stereocenters. The Balaban J connectivity index is 2.16. The van der Waals surface area contributed by atoms with Crippen LogP contribution in [0.1, 0.15) is 0 Å². The topological polar surface area (TPSA) is 15.8 Å². The van der Waals surface area contributed by atoms with Gasteiger partial charge in [0.15, 0.2) is 0 Å². The smallest absolute Gasteiger partial charge is 0.0485 e. The summed E-state index contributed by atoms with van der Waals surface area (Å²) in [6.07, 6.45) is 2.04. The molecule has 0 unspecified atom stereocenters. The molecular weight excluding hydrogens is 266 g/mol. The SMILES string of the molecule is Clc1ccccc1-c1c[nH]c2ccc3ccccc3c12. The standard InChI is InChI=1S/C18H12ClN/c19-16-8-4-3-7-14(16)15-11-20-17-10-9-12-5-1-2-6-13(12)18(15)17/h1-11,20H. The average Bonchev–Trinajstić information content (AvgIpc) is 2.92. The summed E-state index contributed by atoms with van der Waals surface area (Å²) in [5, 5.41) is 4.51. The molecule has 1 heterocycles. The highest BCUT2D eigenvalue weighted by Crippen LogP contribution is 2.37. The first-order valence-corrected chi connectivity index (χ1v) is 6.96. The molecule has 20 heavy (non-hydrogen) atoms. The number of rotatable bonds is 1. The van der Waals surface area contributed by atoms with Crippen molar-refractivity contribution in [1.29, 1.82) is 0 Å². The van der Waals surface area contributed by atoms with Gasteiger partial charge in [-0.25, -0.2) is 0 Å². The van der Waals surface area contributed by atoms with Gasteiger partial charge in [-0.15, -0.1) is 0 Å². The first kappa shape index (κ1) is 11.6. The molecule has 4 rings (SSSR count). The highest BCUT2D eigenvalue weighted by atomic mass is 35.5. The predicted molar refractivity (Wildman–Crippen MR) is 86.3 cm³/mol. The molecule has 2 heteroatoms. The van der Waals surface area contributed by atoms with Crippen LogP contribution in [0.5, 0.6) is 0 Å². The molecule has 0 spiro atoms. The molecule has 0 aliphatic carbocycles. The van der Waals surface area contributed by atoms with Gasteiger partial charge in [0.05, 0.1) is 0 Å². The lowest BCUT2D eigenvalue weighted by molar-refractivity contribution is 1.47. The largest absolute Gasteiger partial charge is 0.361 e. The third kappa shape index (κ3) is 1.64. The van der Waals surface area contributed by atoms with E-state index in [2.05, 4.69) is 47.4 Å². The fourth-order valence-corrected chi connectivity index (χ4v) is 3.03. The van der Waals surface area contributed by atoms with Crippen LogP contribution in [0.4, 0.5) is 0 Å². The fraction of sp³-hybridized carbons (Fsp3) is 0. The zero-order valence-electron chi connectivity index (χ0n) is 10.7. The lowest BCUT2D eigenvalue weighted by atomic mass is 9.99. The number of hydrogen-bond acceptors (Lipinski definition) is 0. The van der Waals surface area contributed by atoms with Gasteiger partial charge in [0.25, 0.3) is 0 Å². The third-order valence-corrected chi connectivity index (χ3v) is 4.06. The summed E-state index contributed by atoms with van der Waals surface area (Å²) in [5.41, 5.74) is 3.36. The molecule has 96 valence electrons. The van der Waals surface area contributed by atoms with Gasteiger partial charge in [0.2, 0.25) is 0 Å². The van der Waals surface area contributed by atoms with Gasteiger partial charge in [0, 0.05) is 33.2 Å². The van der Waals surface area contributed by atoms with E-state index in [0.717, 1.165) is 21.7 Å². The molecule has 1 nitrogen and oxygen atoms in total. The number of hydrogen-bond donors (Lipinski definition) is 1. The Morgan fingerprint density at radius 1 is 0.750 bits per heavy atom. The summed E-state index contributed by atoms with van der Waals surface area (Å²) in [5.74, 6) is 0. The maximum absolute atomic E-state index is 6.35. The second-order valence-electron chi connectivity index (χ2n) is 4.89. The van der Waals surface area contributed by atoms with Crippen LogP contribution in [0.15, 0.2) is 66.9 Å². The lowest BCUT2D eigenvalue weighted by Gasteiger charge is -2.05. The van der Waals surface area contributed by atoms with Gasteiger partial charge >= 0.3 is 0 Å². The molecule has 0 bridgehead atoms. The van der Waals surface area contributed by atoms with Crippen molar-refractivity contribution in [2.45, 2.75) is 0 Å².